The molecule has 3 aromatic rings. The molecule has 1 aliphatic carbocycles. The Labute approximate surface area is 161 Å². The van der Waals surface area contributed by atoms with Gasteiger partial charge in [0.15, 0.2) is 0 Å². The van der Waals surface area contributed by atoms with Gasteiger partial charge in [0.1, 0.15) is 5.82 Å². The van der Waals surface area contributed by atoms with Crippen LogP contribution in [-0.2, 0) is 13.0 Å². The van der Waals surface area contributed by atoms with E-state index in [9.17, 15) is 5.11 Å². The van der Waals surface area contributed by atoms with Crippen LogP contribution in [0.1, 0.15) is 43.7 Å². The summed E-state index contributed by atoms with van der Waals surface area (Å²) in [5.41, 5.74) is 3.08. The molecule has 3 nitrogen and oxygen atoms in total. The lowest BCUT2D eigenvalue weighted by Gasteiger charge is -2.24. The number of hydrogen-bond donors (Lipinski definition) is 1. The molecule has 27 heavy (non-hydrogen) atoms. The first kappa shape index (κ1) is 18.0. The lowest BCUT2D eigenvalue weighted by Crippen LogP contribution is -2.17. The fourth-order valence-electron chi connectivity index (χ4n) is 4.23. The van der Waals surface area contributed by atoms with Crippen molar-refractivity contribution in [1.29, 1.82) is 0 Å². The largest absolute Gasteiger partial charge is 0.387 e. The Morgan fingerprint density at radius 3 is 2.70 bits per heavy atom. The third-order valence-electron chi connectivity index (χ3n) is 5.78. The van der Waals surface area contributed by atoms with Crippen molar-refractivity contribution in [2.24, 2.45) is 11.8 Å². The van der Waals surface area contributed by atoms with Crippen molar-refractivity contribution in [3.63, 3.8) is 0 Å². The van der Waals surface area contributed by atoms with Crippen molar-refractivity contribution in [2.75, 3.05) is 0 Å². The molecule has 0 radical (unpaired) electrons. The summed E-state index contributed by atoms with van der Waals surface area (Å²) in [6.07, 6.45) is 8.72. The number of hydrogen-bond acceptors (Lipinski definition) is 2. The van der Waals surface area contributed by atoms with Crippen molar-refractivity contribution in [2.45, 2.75) is 45.3 Å². The molecule has 140 valence electrons. The summed E-state index contributed by atoms with van der Waals surface area (Å²) < 4.78 is 2.23. The van der Waals surface area contributed by atoms with E-state index in [1.54, 1.807) is 0 Å². The molecular formula is C24H28N2O. The van der Waals surface area contributed by atoms with Gasteiger partial charge in [0.2, 0.25) is 0 Å². The van der Waals surface area contributed by atoms with Crippen LogP contribution >= 0.6 is 0 Å². The summed E-state index contributed by atoms with van der Waals surface area (Å²) in [6.45, 7) is 2.81. The van der Waals surface area contributed by atoms with Gasteiger partial charge in [-0.1, -0.05) is 61.5 Å². The van der Waals surface area contributed by atoms with Crippen molar-refractivity contribution in [3.05, 3.63) is 78.1 Å². The van der Waals surface area contributed by atoms with E-state index in [4.69, 9.17) is 4.98 Å². The zero-order valence-corrected chi connectivity index (χ0v) is 16.0. The third-order valence-corrected chi connectivity index (χ3v) is 5.78. The summed E-state index contributed by atoms with van der Waals surface area (Å²) in [5.74, 6) is 2.42. The molecule has 3 heteroatoms. The zero-order chi connectivity index (χ0) is 18.6. The van der Waals surface area contributed by atoms with E-state index >= 15 is 0 Å². The smallest absolute Gasteiger partial charge is 0.110 e. The maximum atomic E-state index is 10.8. The highest BCUT2D eigenvalue weighted by Crippen LogP contribution is 2.30. The van der Waals surface area contributed by atoms with Crippen molar-refractivity contribution >= 4 is 11.0 Å². The lowest BCUT2D eigenvalue weighted by molar-refractivity contribution is 0.156. The molecule has 1 N–H and O–H groups in total. The highest BCUT2D eigenvalue weighted by atomic mass is 16.3. The number of aliphatic hydroxyl groups excluding tert-OH is 1. The van der Waals surface area contributed by atoms with E-state index in [-0.39, 0.29) is 0 Å². The van der Waals surface area contributed by atoms with E-state index in [2.05, 4.69) is 41.8 Å². The first-order valence-corrected chi connectivity index (χ1v) is 10.1. The first-order valence-electron chi connectivity index (χ1n) is 10.1. The quantitative estimate of drug-likeness (QED) is 0.605. The molecule has 1 aliphatic rings. The van der Waals surface area contributed by atoms with Crippen LogP contribution in [0.3, 0.4) is 0 Å². The number of aromatic nitrogens is 2. The summed E-state index contributed by atoms with van der Waals surface area (Å²) in [5, 5.41) is 10.8. The molecule has 1 heterocycles. The van der Waals surface area contributed by atoms with Crippen LogP contribution < -0.4 is 0 Å². The van der Waals surface area contributed by atoms with Gasteiger partial charge in [0, 0.05) is 6.42 Å². The molecule has 0 amide bonds. The van der Waals surface area contributed by atoms with Gasteiger partial charge < -0.3 is 9.67 Å². The molecule has 0 bridgehead atoms. The number of allylic oxidation sites excluding steroid dienone is 2. The Morgan fingerprint density at radius 2 is 1.89 bits per heavy atom. The fourth-order valence-corrected chi connectivity index (χ4v) is 4.23. The van der Waals surface area contributed by atoms with Gasteiger partial charge in [-0.15, -0.1) is 0 Å². The summed E-state index contributed by atoms with van der Waals surface area (Å²) in [4.78, 5) is 4.93. The van der Waals surface area contributed by atoms with Crippen LogP contribution in [0.2, 0.25) is 0 Å². The molecule has 0 saturated carbocycles. The molecular weight excluding hydrogens is 332 g/mol. The predicted octanol–water partition coefficient (Wildman–Crippen LogP) is 5.30. The first-order chi connectivity index (χ1) is 13.2. The van der Waals surface area contributed by atoms with E-state index in [1.165, 1.54) is 12.8 Å². The molecule has 4 rings (SSSR count). The highest BCUT2D eigenvalue weighted by Gasteiger charge is 2.21. The van der Waals surface area contributed by atoms with Gasteiger partial charge >= 0.3 is 0 Å². The standard InChI is InChI=1S/C24H28N2O/c1-2-18-9-8-10-19(15-18)16-24-25-21-13-6-7-14-22(21)26(24)17-23(27)20-11-4-3-5-12-20/h3-9,11-14,18-19,23,27H,2,10,15-17H2,1H3. The fraction of sp³-hybridized carbons (Fsp3) is 0.375. The van der Waals surface area contributed by atoms with Gasteiger partial charge in [-0.25, -0.2) is 4.98 Å². The second kappa shape index (κ2) is 8.10. The maximum Gasteiger partial charge on any atom is 0.110 e. The minimum absolute atomic E-state index is 0.530. The molecule has 0 aliphatic heterocycles. The Hall–Kier alpha value is -2.39. The van der Waals surface area contributed by atoms with Crippen molar-refractivity contribution < 1.29 is 5.11 Å². The van der Waals surface area contributed by atoms with Gasteiger partial charge in [-0.05, 0) is 48.8 Å². The predicted molar refractivity (Wildman–Crippen MR) is 110 cm³/mol. The second-order valence-electron chi connectivity index (χ2n) is 7.69. The van der Waals surface area contributed by atoms with Gasteiger partial charge in [0.25, 0.3) is 0 Å². The average Bonchev–Trinajstić information content (AvgIpc) is 3.06. The van der Waals surface area contributed by atoms with Gasteiger partial charge in [-0.3, -0.25) is 0 Å². The lowest BCUT2D eigenvalue weighted by atomic mass is 9.83. The number of benzene rings is 2. The number of aliphatic hydroxyl groups is 1. The van der Waals surface area contributed by atoms with Gasteiger partial charge in [-0.2, -0.15) is 0 Å². The molecule has 1 aromatic heterocycles. The topological polar surface area (TPSA) is 38.0 Å². The second-order valence-corrected chi connectivity index (χ2v) is 7.69. The minimum Gasteiger partial charge on any atom is -0.387 e. The van der Waals surface area contributed by atoms with E-state index in [0.29, 0.717) is 18.4 Å². The Balaban J connectivity index is 1.62. The zero-order valence-electron chi connectivity index (χ0n) is 16.0. The monoisotopic (exact) mass is 360 g/mol. The molecule has 2 aromatic carbocycles. The Kier molecular flexibility index (Phi) is 5.40. The number of para-hydroxylation sites is 2. The summed E-state index contributed by atoms with van der Waals surface area (Å²) >= 11 is 0. The maximum absolute atomic E-state index is 10.8. The highest BCUT2D eigenvalue weighted by molar-refractivity contribution is 5.75. The summed E-state index contributed by atoms with van der Waals surface area (Å²) in [7, 11) is 0. The average molecular weight is 361 g/mol. The third kappa shape index (κ3) is 3.98. The van der Waals surface area contributed by atoms with Crippen LogP contribution in [0.4, 0.5) is 0 Å². The van der Waals surface area contributed by atoms with E-state index < -0.39 is 6.10 Å². The van der Waals surface area contributed by atoms with Crippen LogP contribution in [0, 0.1) is 11.8 Å². The van der Waals surface area contributed by atoms with Crippen molar-refractivity contribution in [3.8, 4) is 0 Å². The number of fused-ring (bicyclic) bond motifs is 1. The van der Waals surface area contributed by atoms with E-state index in [1.807, 2.05) is 36.4 Å². The summed E-state index contributed by atoms with van der Waals surface area (Å²) in [6, 6.07) is 18.2. The number of nitrogens with zero attached hydrogens (tertiary/aromatic N) is 2. The molecule has 0 saturated heterocycles. The molecule has 3 unspecified atom stereocenters. The van der Waals surface area contributed by atoms with Crippen molar-refractivity contribution in [1.82, 2.24) is 9.55 Å². The van der Waals surface area contributed by atoms with Crippen LogP contribution in [0.5, 0.6) is 0 Å². The van der Waals surface area contributed by atoms with Crippen LogP contribution in [0.25, 0.3) is 11.0 Å². The van der Waals surface area contributed by atoms with E-state index in [0.717, 1.165) is 35.3 Å². The number of rotatable bonds is 6. The SMILES string of the molecule is CCC1C=CCC(Cc2nc3ccccc3n2CC(O)c2ccccc2)C1. The minimum atomic E-state index is -0.530. The normalized spacial score (nSPS) is 20.8. The number of imidazole rings is 1. The van der Waals surface area contributed by atoms with Crippen LogP contribution in [0.15, 0.2) is 66.7 Å². The van der Waals surface area contributed by atoms with Gasteiger partial charge in [0.05, 0.1) is 23.7 Å². The molecule has 0 fully saturated rings. The Morgan fingerprint density at radius 1 is 1.11 bits per heavy atom. The molecule has 3 atom stereocenters. The van der Waals surface area contributed by atoms with Crippen LogP contribution in [-0.4, -0.2) is 14.7 Å². The Bertz CT molecular complexity index is 913. The molecule has 0 spiro atoms.